The lowest BCUT2D eigenvalue weighted by atomic mass is 9.93. The van der Waals surface area contributed by atoms with E-state index in [-0.39, 0.29) is 5.91 Å². The molecule has 1 saturated heterocycles. The summed E-state index contributed by atoms with van der Waals surface area (Å²) in [4.78, 5) is 27.2. The van der Waals surface area contributed by atoms with Gasteiger partial charge >= 0.3 is 0 Å². The maximum atomic E-state index is 13.0. The number of primary amides is 1. The number of amides is 2. The van der Waals surface area contributed by atoms with E-state index in [1.54, 1.807) is 23.1 Å². The van der Waals surface area contributed by atoms with Crippen LogP contribution in [0.1, 0.15) is 31.8 Å². The number of hydrogen-bond donors (Lipinski definition) is 1. The van der Waals surface area contributed by atoms with Crippen LogP contribution in [0.5, 0.6) is 0 Å². The van der Waals surface area contributed by atoms with Crippen LogP contribution in [0.4, 0.5) is 0 Å². The summed E-state index contributed by atoms with van der Waals surface area (Å²) in [6, 6.07) is 12.5. The Balaban J connectivity index is 1.64. The van der Waals surface area contributed by atoms with Gasteiger partial charge in [-0.25, -0.2) is 0 Å². The first-order valence-corrected chi connectivity index (χ1v) is 11.6. The molecule has 3 aromatic carbocycles. The number of nitrogens with zero attached hydrogens (tertiary/aromatic N) is 1. The highest BCUT2D eigenvalue weighted by Gasteiger charge is 2.27. The second-order valence-corrected chi connectivity index (χ2v) is 9.36. The number of ether oxygens (including phenoxy) is 1. The quantitative estimate of drug-likeness (QED) is 0.405. The minimum absolute atomic E-state index is 0.0374. The molecule has 2 aliphatic rings. The maximum absolute atomic E-state index is 13.0. The summed E-state index contributed by atoms with van der Waals surface area (Å²) in [6.07, 6.45) is 0.553. The largest absolute Gasteiger partial charge is 0.378 e. The predicted molar refractivity (Wildman–Crippen MR) is 130 cm³/mol. The summed E-state index contributed by atoms with van der Waals surface area (Å²) in [6.45, 7) is 2.20. The Morgan fingerprint density at radius 2 is 1.61 bits per heavy atom. The second kappa shape index (κ2) is 8.65. The van der Waals surface area contributed by atoms with E-state index in [1.807, 2.05) is 24.3 Å². The van der Waals surface area contributed by atoms with Gasteiger partial charge < -0.3 is 15.4 Å². The average molecular weight is 502 g/mol. The number of fused-ring (bicyclic) bond motifs is 3. The molecule has 0 radical (unpaired) electrons. The molecule has 168 valence electrons. The topological polar surface area (TPSA) is 72.6 Å². The van der Waals surface area contributed by atoms with Gasteiger partial charge in [-0.1, -0.05) is 40.9 Å². The fourth-order valence-corrected chi connectivity index (χ4v) is 5.57. The molecule has 0 atom stereocenters. The number of nitrogens with two attached hydrogens (primary N) is 1. The lowest BCUT2D eigenvalue weighted by Gasteiger charge is -2.27. The zero-order valence-corrected chi connectivity index (χ0v) is 19.7. The molecule has 0 saturated carbocycles. The van der Waals surface area contributed by atoms with E-state index in [2.05, 4.69) is 0 Å². The lowest BCUT2D eigenvalue weighted by Crippen LogP contribution is -2.40. The van der Waals surface area contributed by atoms with E-state index in [0.29, 0.717) is 70.0 Å². The minimum Gasteiger partial charge on any atom is -0.378 e. The Morgan fingerprint density at radius 1 is 0.909 bits per heavy atom. The molecule has 33 heavy (non-hydrogen) atoms. The third-order valence-electron chi connectivity index (χ3n) is 6.12. The van der Waals surface area contributed by atoms with Crippen molar-refractivity contribution in [2.75, 3.05) is 26.3 Å². The average Bonchev–Trinajstić information content (AvgIpc) is 3.15. The molecular weight excluding hydrogens is 483 g/mol. The summed E-state index contributed by atoms with van der Waals surface area (Å²) < 4.78 is 5.36. The van der Waals surface area contributed by atoms with Gasteiger partial charge in [-0.2, -0.15) is 0 Å². The molecule has 1 heterocycles. The predicted octanol–water partition coefficient (Wildman–Crippen LogP) is 5.46. The van der Waals surface area contributed by atoms with Gasteiger partial charge in [-0.05, 0) is 70.6 Å². The van der Waals surface area contributed by atoms with Gasteiger partial charge in [-0.15, -0.1) is 0 Å². The van der Waals surface area contributed by atoms with E-state index < -0.39 is 5.91 Å². The van der Waals surface area contributed by atoms with Crippen LogP contribution >= 0.6 is 34.8 Å². The number of rotatable bonds is 3. The molecule has 0 aromatic heterocycles. The minimum atomic E-state index is -0.535. The molecule has 0 unspecified atom stereocenters. The summed E-state index contributed by atoms with van der Waals surface area (Å²) in [7, 11) is 0. The van der Waals surface area contributed by atoms with Crippen molar-refractivity contribution < 1.29 is 14.3 Å². The molecule has 1 aliphatic carbocycles. The van der Waals surface area contributed by atoms with Gasteiger partial charge in [0.25, 0.3) is 5.91 Å². The van der Waals surface area contributed by atoms with Gasteiger partial charge in [0, 0.05) is 34.8 Å². The van der Waals surface area contributed by atoms with Crippen LogP contribution in [0.25, 0.3) is 22.3 Å². The van der Waals surface area contributed by atoms with Crippen molar-refractivity contribution in [3.63, 3.8) is 0 Å². The highest BCUT2D eigenvalue weighted by molar-refractivity contribution is 6.41. The van der Waals surface area contributed by atoms with Gasteiger partial charge in [0.1, 0.15) is 0 Å². The van der Waals surface area contributed by atoms with E-state index in [9.17, 15) is 9.59 Å². The van der Waals surface area contributed by atoms with Crippen molar-refractivity contribution >= 4 is 46.6 Å². The van der Waals surface area contributed by atoms with Crippen molar-refractivity contribution in [3.05, 3.63) is 79.8 Å². The van der Waals surface area contributed by atoms with Crippen LogP contribution in [-0.4, -0.2) is 43.0 Å². The zero-order chi connectivity index (χ0) is 23.3. The van der Waals surface area contributed by atoms with Gasteiger partial charge in [0.2, 0.25) is 5.91 Å². The number of carbonyl (C=O) groups excluding carboxylic acids is 2. The summed E-state index contributed by atoms with van der Waals surface area (Å²) in [5, 5.41) is 1.16. The molecular formula is C25H19Cl3N2O3. The van der Waals surface area contributed by atoms with Gasteiger partial charge in [0.05, 0.1) is 23.3 Å². The van der Waals surface area contributed by atoms with Crippen molar-refractivity contribution in [1.82, 2.24) is 4.90 Å². The van der Waals surface area contributed by atoms with E-state index in [4.69, 9.17) is 45.3 Å². The summed E-state index contributed by atoms with van der Waals surface area (Å²) in [5.74, 6) is -0.573. The molecule has 5 nitrogen and oxygen atoms in total. The zero-order valence-electron chi connectivity index (χ0n) is 17.5. The second-order valence-electron chi connectivity index (χ2n) is 8.11. The number of morpholine rings is 1. The normalized spacial score (nSPS) is 14.7. The number of hydrogen-bond acceptors (Lipinski definition) is 3. The summed E-state index contributed by atoms with van der Waals surface area (Å²) >= 11 is 19.0. The summed E-state index contributed by atoms with van der Waals surface area (Å²) in [5.41, 5.74) is 11.6. The van der Waals surface area contributed by atoms with Crippen LogP contribution in [0.15, 0.2) is 42.5 Å². The number of halogens is 3. The highest BCUT2D eigenvalue weighted by Crippen LogP contribution is 2.44. The van der Waals surface area contributed by atoms with E-state index >= 15 is 0 Å². The third kappa shape index (κ3) is 4.00. The van der Waals surface area contributed by atoms with E-state index in [1.165, 1.54) is 0 Å². The SMILES string of the molecule is NC(=O)c1cc(-c2c(Cl)cc(Cl)cc2Cl)cc2c1Cc1ccc(C(=O)N3CCOCC3)cc1-2. The van der Waals surface area contributed by atoms with E-state index in [0.717, 1.165) is 22.3 Å². The Labute approximate surface area is 206 Å². The monoisotopic (exact) mass is 500 g/mol. The van der Waals surface area contributed by atoms with Crippen molar-refractivity contribution in [2.24, 2.45) is 5.73 Å². The smallest absolute Gasteiger partial charge is 0.254 e. The van der Waals surface area contributed by atoms with Crippen LogP contribution in [0.3, 0.4) is 0 Å². The molecule has 5 rings (SSSR count). The molecule has 1 aliphatic heterocycles. The molecule has 2 amide bonds. The van der Waals surface area contributed by atoms with Crippen LogP contribution in [0, 0.1) is 0 Å². The van der Waals surface area contributed by atoms with Crippen molar-refractivity contribution in [3.8, 4) is 22.3 Å². The molecule has 0 spiro atoms. The first-order valence-electron chi connectivity index (χ1n) is 10.5. The third-order valence-corrected chi connectivity index (χ3v) is 6.94. The fraction of sp³-hybridized carbons (Fsp3) is 0.200. The van der Waals surface area contributed by atoms with Crippen molar-refractivity contribution in [2.45, 2.75) is 6.42 Å². The van der Waals surface area contributed by atoms with Gasteiger partial charge in [-0.3, -0.25) is 9.59 Å². The lowest BCUT2D eigenvalue weighted by molar-refractivity contribution is 0.0303. The van der Waals surface area contributed by atoms with Crippen LogP contribution < -0.4 is 5.73 Å². The molecule has 2 N–H and O–H groups in total. The maximum Gasteiger partial charge on any atom is 0.254 e. The first kappa shape index (κ1) is 22.2. The molecule has 1 fully saturated rings. The van der Waals surface area contributed by atoms with Crippen molar-refractivity contribution in [1.29, 1.82) is 0 Å². The van der Waals surface area contributed by atoms with Crippen LogP contribution in [-0.2, 0) is 11.2 Å². The number of carbonyl (C=O) groups is 2. The Morgan fingerprint density at radius 3 is 2.27 bits per heavy atom. The molecule has 0 bridgehead atoms. The fourth-order valence-electron chi connectivity index (χ4n) is 4.54. The Bertz CT molecular complexity index is 1290. The first-order chi connectivity index (χ1) is 15.8. The Kier molecular flexibility index (Phi) is 5.83. The highest BCUT2D eigenvalue weighted by atomic mass is 35.5. The number of benzene rings is 3. The van der Waals surface area contributed by atoms with Crippen LogP contribution in [0.2, 0.25) is 15.1 Å². The van der Waals surface area contributed by atoms with Gasteiger partial charge in [0.15, 0.2) is 0 Å². The molecule has 3 aromatic rings. The Hall–Kier alpha value is -2.57. The molecule has 8 heteroatoms. The standard InChI is InChI=1S/C25H19Cl3N2O3/c26-16-11-21(27)23(22(28)12-16)15-9-18-17-8-14(25(32)30-3-5-33-6-4-30)2-1-13(17)7-19(18)20(10-15)24(29)31/h1-2,8-12H,3-7H2,(H2,29,31).